The number of piperidine rings is 1. The number of hydrogen-bond acceptors (Lipinski definition) is 5. The van der Waals surface area contributed by atoms with Crippen LogP contribution in [0.5, 0.6) is 0 Å². The second kappa shape index (κ2) is 8.77. The molecule has 0 amide bonds. The van der Waals surface area contributed by atoms with Gasteiger partial charge in [0.25, 0.3) is 0 Å². The third-order valence-electron chi connectivity index (χ3n) is 8.17. The molecule has 170 valence electrons. The van der Waals surface area contributed by atoms with Crippen LogP contribution in [0.15, 0.2) is 36.5 Å². The lowest BCUT2D eigenvalue weighted by molar-refractivity contribution is 0.0530. The lowest BCUT2D eigenvalue weighted by Crippen LogP contribution is -2.50. The van der Waals surface area contributed by atoms with Gasteiger partial charge in [0, 0.05) is 44.1 Å². The molecule has 5 nitrogen and oxygen atoms in total. The average molecular weight is 433 g/mol. The Kier molecular flexibility index (Phi) is 5.66. The molecule has 0 bridgehead atoms. The zero-order valence-corrected chi connectivity index (χ0v) is 19.3. The van der Waals surface area contributed by atoms with E-state index in [1.165, 1.54) is 54.7 Å². The van der Waals surface area contributed by atoms with Crippen LogP contribution in [-0.4, -0.2) is 54.8 Å². The average Bonchev–Trinajstić information content (AvgIpc) is 2.83. The number of nitrogens with zero attached hydrogens (tertiary/aromatic N) is 3. The Labute approximate surface area is 192 Å². The first kappa shape index (κ1) is 20.6. The van der Waals surface area contributed by atoms with Crippen molar-refractivity contribution < 1.29 is 4.74 Å². The molecule has 0 saturated carbocycles. The topological polar surface area (TPSA) is 40.6 Å². The molecule has 3 aliphatic heterocycles. The summed E-state index contributed by atoms with van der Waals surface area (Å²) in [6, 6.07) is 12.3. The second-order valence-corrected chi connectivity index (χ2v) is 10.3. The first-order valence-corrected chi connectivity index (χ1v) is 12.6. The molecular formula is C27H36N4O. The highest BCUT2D eigenvalue weighted by atomic mass is 16.5. The van der Waals surface area contributed by atoms with Gasteiger partial charge in [0.05, 0.1) is 24.4 Å². The van der Waals surface area contributed by atoms with Gasteiger partial charge in [0.1, 0.15) is 0 Å². The van der Waals surface area contributed by atoms with E-state index in [2.05, 4.69) is 52.4 Å². The molecule has 1 aliphatic carbocycles. The summed E-state index contributed by atoms with van der Waals surface area (Å²) in [4.78, 5) is 10.2. The number of aromatic nitrogens is 1. The summed E-state index contributed by atoms with van der Waals surface area (Å²) in [5.41, 5.74) is 7.31. The SMILES string of the molecule is C[C@@H]1CN(c2cccc3c2C[C@H](CN2CCC[C@H]4CCc5cccnc5[C@H]42)NC3)CCO1. The van der Waals surface area contributed by atoms with Crippen molar-refractivity contribution in [1.29, 1.82) is 0 Å². The van der Waals surface area contributed by atoms with Gasteiger partial charge in [0.2, 0.25) is 0 Å². The maximum atomic E-state index is 5.81. The zero-order valence-electron chi connectivity index (χ0n) is 19.3. The lowest BCUT2D eigenvalue weighted by Gasteiger charge is -2.46. The van der Waals surface area contributed by atoms with E-state index in [4.69, 9.17) is 9.72 Å². The highest BCUT2D eigenvalue weighted by molar-refractivity contribution is 5.58. The van der Waals surface area contributed by atoms with Crippen molar-refractivity contribution in [2.45, 2.75) is 63.8 Å². The summed E-state index contributed by atoms with van der Waals surface area (Å²) in [5, 5.41) is 3.88. The number of hydrogen-bond donors (Lipinski definition) is 1. The van der Waals surface area contributed by atoms with Crippen LogP contribution in [0.1, 0.15) is 54.6 Å². The number of rotatable bonds is 3. The summed E-state index contributed by atoms with van der Waals surface area (Å²) in [6.07, 6.45) is 8.62. The van der Waals surface area contributed by atoms with Crippen LogP contribution in [0.3, 0.4) is 0 Å². The van der Waals surface area contributed by atoms with E-state index >= 15 is 0 Å². The first-order valence-electron chi connectivity index (χ1n) is 12.6. The predicted molar refractivity (Wildman–Crippen MR) is 128 cm³/mol. The summed E-state index contributed by atoms with van der Waals surface area (Å²) in [5.74, 6) is 0.771. The van der Waals surface area contributed by atoms with E-state index < -0.39 is 0 Å². The van der Waals surface area contributed by atoms with Crippen molar-refractivity contribution >= 4 is 5.69 Å². The Morgan fingerprint density at radius 1 is 1.12 bits per heavy atom. The van der Waals surface area contributed by atoms with Gasteiger partial charge in [0.15, 0.2) is 0 Å². The van der Waals surface area contributed by atoms with Gasteiger partial charge in [-0.05, 0) is 80.3 Å². The predicted octanol–water partition coefficient (Wildman–Crippen LogP) is 3.72. The van der Waals surface area contributed by atoms with Crippen molar-refractivity contribution in [3.05, 3.63) is 58.9 Å². The third-order valence-corrected chi connectivity index (χ3v) is 8.17. The van der Waals surface area contributed by atoms with Crippen molar-refractivity contribution in [1.82, 2.24) is 15.2 Å². The largest absolute Gasteiger partial charge is 0.375 e. The number of benzene rings is 1. The van der Waals surface area contributed by atoms with Gasteiger partial charge >= 0.3 is 0 Å². The number of anilines is 1. The van der Waals surface area contributed by atoms with Gasteiger partial charge in [-0.15, -0.1) is 0 Å². The summed E-state index contributed by atoms with van der Waals surface area (Å²) < 4.78 is 5.81. The highest BCUT2D eigenvalue weighted by Gasteiger charge is 2.38. The van der Waals surface area contributed by atoms with Crippen LogP contribution in [0, 0.1) is 5.92 Å². The monoisotopic (exact) mass is 432 g/mol. The molecule has 6 rings (SSSR count). The molecule has 4 atom stereocenters. The maximum absolute atomic E-state index is 5.81. The first-order chi connectivity index (χ1) is 15.8. The van der Waals surface area contributed by atoms with Crippen molar-refractivity contribution in [2.75, 3.05) is 37.7 Å². The molecule has 1 N–H and O–H groups in total. The van der Waals surface area contributed by atoms with Crippen LogP contribution < -0.4 is 10.2 Å². The van der Waals surface area contributed by atoms with E-state index in [0.717, 1.165) is 45.1 Å². The Morgan fingerprint density at radius 3 is 3.00 bits per heavy atom. The van der Waals surface area contributed by atoms with Crippen LogP contribution in [0.2, 0.25) is 0 Å². The van der Waals surface area contributed by atoms with E-state index in [0.29, 0.717) is 18.2 Å². The molecule has 2 saturated heterocycles. The molecule has 2 fully saturated rings. The Hall–Kier alpha value is -1.95. The normalized spacial score (nSPS) is 30.3. The smallest absolute Gasteiger partial charge is 0.0722 e. The molecule has 32 heavy (non-hydrogen) atoms. The van der Waals surface area contributed by atoms with E-state index in [9.17, 15) is 0 Å². The molecule has 1 aromatic carbocycles. The molecule has 0 spiro atoms. The Balaban J connectivity index is 1.23. The fourth-order valence-corrected chi connectivity index (χ4v) is 6.67. The van der Waals surface area contributed by atoms with Gasteiger partial charge in [-0.1, -0.05) is 18.2 Å². The minimum atomic E-state index is 0.307. The molecule has 4 heterocycles. The minimum Gasteiger partial charge on any atom is -0.375 e. The summed E-state index contributed by atoms with van der Waals surface area (Å²) in [6.45, 7) is 8.30. The molecule has 2 aromatic rings. The molecule has 1 aromatic heterocycles. The Morgan fingerprint density at radius 2 is 2.06 bits per heavy atom. The quantitative estimate of drug-likeness (QED) is 0.801. The van der Waals surface area contributed by atoms with Crippen LogP contribution in [-0.2, 0) is 24.1 Å². The number of ether oxygens (including phenoxy) is 1. The standard InChI is InChI=1S/C27H36N4O/c1-19-17-30(13-14-32-19)25-8-2-5-22-16-29-23(15-24(22)25)18-31-12-4-7-21-10-9-20-6-3-11-28-26(20)27(21)31/h2-3,5-6,8,11,19,21,23,27,29H,4,7,9-10,12-18H2,1H3/t19-,21+,23-,27+/m1/s1. The van der Waals surface area contributed by atoms with Gasteiger partial charge in [-0.3, -0.25) is 9.88 Å². The molecular weight excluding hydrogens is 396 g/mol. The number of pyridine rings is 1. The number of fused-ring (bicyclic) bond motifs is 4. The fourth-order valence-electron chi connectivity index (χ4n) is 6.67. The highest BCUT2D eigenvalue weighted by Crippen LogP contribution is 2.43. The van der Waals surface area contributed by atoms with E-state index in [1.807, 2.05) is 6.20 Å². The summed E-state index contributed by atoms with van der Waals surface area (Å²) in [7, 11) is 0. The van der Waals surface area contributed by atoms with Gasteiger partial charge in [-0.25, -0.2) is 0 Å². The van der Waals surface area contributed by atoms with Crippen molar-refractivity contribution in [2.24, 2.45) is 5.92 Å². The number of morpholine rings is 1. The second-order valence-electron chi connectivity index (χ2n) is 10.3. The van der Waals surface area contributed by atoms with Gasteiger partial charge in [-0.2, -0.15) is 0 Å². The van der Waals surface area contributed by atoms with Crippen LogP contribution in [0.25, 0.3) is 0 Å². The molecule has 4 aliphatic rings. The summed E-state index contributed by atoms with van der Waals surface area (Å²) >= 11 is 0. The minimum absolute atomic E-state index is 0.307. The van der Waals surface area contributed by atoms with Gasteiger partial charge < -0.3 is 15.0 Å². The Bertz CT molecular complexity index is 962. The fraction of sp³-hybridized carbons (Fsp3) is 0.593. The molecule has 0 radical (unpaired) electrons. The lowest BCUT2D eigenvalue weighted by atomic mass is 9.76. The molecule has 5 heteroatoms. The maximum Gasteiger partial charge on any atom is 0.0722 e. The van der Waals surface area contributed by atoms with Crippen molar-refractivity contribution in [3.8, 4) is 0 Å². The zero-order chi connectivity index (χ0) is 21.5. The third kappa shape index (κ3) is 3.85. The van der Waals surface area contributed by atoms with E-state index in [1.54, 1.807) is 5.56 Å². The van der Waals surface area contributed by atoms with Crippen LogP contribution >= 0.6 is 0 Å². The number of aryl methyl sites for hydroxylation is 1. The molecule has 0 unspecified atom stereocenters. The van der Waals surface area contributed by atoms with E-state index in [-0.39, 0.29) is 0 Å². The number of nitrogens with one attached hydrogen (secondary N) is 1. The van der Waals surface area contributed by atoms with Crippen LogP contribution in [0.4, 0.5) is 5.69 Å². The van der Waals surface area contributed by atoms with Crippen molar-refractivity contribution in [3.63, 3.8) is 0 Å². The number of likely N-dealkylation sites (tertiary alicyclic amines) is 1.